The number of pyridine rings is 1. The summed E-state index contributed by atoms with van der Waals surface area (Å²) in [7, 11) is 0. The smallest absolute Gasteiger partial charge is 0.315 e. The number of rotatable bonds is 5. The van der Waals surface area contributed by atoms with Crippen molar-refractivity contribution in [2.45, 2.75) is 32.4 Å². The van der Waals surface area contributed by atoms with Crippen molar-refractivity contribution in [3.63, 3.8) is 0 Å². The van der Waals surface area contributed by atoms with Gasteiger partial charge in [0.2, 0.25) is 0 Å². The molecular weight excluding hydrogens is 336 g/mol. The molecule has 2 heterocycles. The van der Waals surface area contributed by atoms with E-state index < -0.39 is 0 Å². The standard InChI is InChI=1S/C19H23ClN4O/c1-14(16-4-6-17(20)7-5-16)23-19(25)22-13-15-8-9-21-18(12-15)24-10-2-3-11-24/h4-9,12,14H,2-3,10-11,13H2,1H3,(H2,22,23,25). The number of aromatic nitrogens is 1. The molecule has 6 heteroatoms. The van der Waals surface area contributed by atoms with E-state index in [-0.39, 0.29) is 12.1 Å². The van der Waals surface area contributed by atoms with Gasteiger partial charge in [0.05, 0.1) is 6.04 Å². The molecule has 1 aliphatic rings. The Balaban J connectivity index is 1.51. The first-order valence-electron chi connectivity index (χ1n) is 8.61. The summed E-state index contributed by atoms with van der Waals surface area (Å²) in [6.45, 7) is 4.54. The molecule has 132 valence electrons. The number of nitrogens with zero attached hydrogens (tertiary/aromatic N) is 2. The van der Waals surface area contributed by atoms with Gasteiger partial charge in [-0.3, -0.25) is 0 Å². The zero-order chi connectivity index (χ0) is 17.6. The summed E-state index contributed by atoms with van der Waals surface area (Å²) in [5.41, 5.74) is 2.06. The molecule has 1 aromatic carbocycles. The molecule has 5 nitrogen and oxygen atoms in total. The van der Waals surface area contributed by atoms with Gasteiger partial charge in [0.1, 0.15) is 5.82 Å². The fourth-order valence-corrected chi connectivity index (χ4v) is 3.08. The van der Waals surface area contributed by atoms with Gasteiger partial charge >= 0.3 is 6.03 Å². The third-order valence-electron chi connectivity index (χ3n) is 4.41. The Morgan fingerprint density at radius 1 is 1.24 bits per heavy atom. The van der Waals surface area contributed by atoms with Crippen molar-refractivity contribution in [2.75, 3.05) is 18.0 Å². The van der Waals surface area contributed by atoms with E-state index in [1.165, 1.54) is 12.8 Å². The van der Waals surface area contributed by atoms with Crippen molar-refractivity contribution in [3.05, 3.63) is 58.7 Å². The van der Waals surface area contributed by atoms with Crippen LogP contribution in [0.5, 0.6) is 0 Å². The van der Waals surface area contributed by atoms with Crippen molar-refractivity contribution in [3.8, 4) is 0 Å². The van der Waals surface area contributed by atoms with Crippen LogP contribution in [-0.2, 0) is 6.54 Å². The molecule has 0 radical (unpaired) electrons. The van der Waals surface area contributed by atoms with Gasteiger partial charge in [0.25, 0.3) is 0 Å². The van der Waals surface area contributed by atoms with Crippen LogP contribution in [0.25, 0.3) is 0 Å². The lowest BCUT2D eigenvalue weighted by atomic mass is 10.1. The second-order valence-corrected chi connectivity index (χ2v) is 6.75. The largest absolute Gasteiger partial charge is 0.357 e. The summed E-state index contributed by atoms with van der Waals surface area (Å²) in [4.78, 5) is 18.8. The first-order valence-corrected chi connectivity index (χ1v) is 8.99. The lowest BCUT2D eigenvalue weighted by Crippen LogP contribution is -2.36. The predicted octanol–water partition coefficient (Wildman–Crippen LogP) is 3.90. The highest BCUT2D eigenvalue weighted by atomic mass is 35.5. The molecule has 3 rings (SSSR count). The normalized spacial score (nSPS) is 15.0. The maximum atomic E-state index is 12.1. The van der Waals surface area contributed by atoms with E-state index in [1.54, 1.807) is 6.20 Å². The van der Waals surface area contributed by atoms with Gasteiger partial charge in [-0.1, -0.05) is 23.7 Å². The number of anilines is 1. The number of carbonyl (C=O) groups excluding carboxylic acids is 1. The van der Waals surface area contributed by atoms with Gasteiger partial charge in [-0.15, -0.1) is 0 Å². The molecule has 0 saturated carbocycles. The van der Waals surface area contributed by atoms with Gasteiger partial charge in [-0.05, 0) is 55.2 Å². The van der Waals surface area contributed by atoms with E-state index in [9.17, 15) is 4.79 Å². The number of nitrogens with one attached hydrogen (secondary N) is 2. The summed E-state index contributed by atoms with van der Waals surface area (Å²) in [6.07, 6.45) is 4.24. The third-order valence-corrected chi connectivity index (χ3v) is 4.66. The van der Waals surface area contributed by atoms with Gasteiger partial charge < -0.3 is 15.5 Å². The summed E-state index contributed by atoms with van der Waals surface area (Å²) >= 11 is 5.89. The van der Waals surface area contributed by atoms with Crippen LogP contribution in [0.15, 0.2) is 42.6 Å². The van der Waals surface area contributed by atoms with Crippen LogP contribution in [0.1, 0.15) is 36.9 Å². The van der Waals surface area contributed by atoms with Crippen LogP contribution in [0.4, 0.5) is 10.6 Å². The Bertz CT molecular complexity index is 714. The molecule has 0 spiro atoms. The van der Waals surface area contributed by atoms with E-state index in [1.807, 2.05) is 43.3 Å². The Morgan fingerprint density at radius 3 is 2.68 bits per heavy atom. The second kappa shape index (κ2) is 8.21. The molecule has 0 bridgehead atoms. The van der Waals surface area contributed by atoms with E-state index >= 15 is 0 Å². The second-order valence-electron chi connectivity index (χ2n) is 6.32. The van der Waals surface area contributed by atoms with Crippen molar-refractivity contribution >= 4 is 23.4 Å². The fourth-order valence-electron chi connectivity index (χ4n) is 2.95. The Morgan fingerprint density at radius 2 is 1.96 bits per heavy atom. The quantitative estimate of drug-likeness (QED) is 0.852. The van der Waals surface area contributed by atoms with Crippen molar-refractivity contribution in [2.24, 2.45) is 0 Å². The Kier molecular flexibility index (Phi) is 5.76. The zero-order valence-electron chi connectivity index (χ0n) is 14.3. The minimum atomic E-state index is -0.193. The lowest BCUT2D eigenvalue weighted by Gasteiger charge is -2.18. The molecule has 2 amide bonds. The minimum absolute atomic E-state index is 0.0881. The highest BCUT2D eigenvalue weighted by molar-refractivity contribution is 6.30. The minimum Gasteiger partial charge on any atom is -0.357 e. The lowest BCUT2D eigenvalue weighted by molar-refractivity contribution is 0.237. The van der Waals surface area contributed by atoms with Gasteiger partial charge in [-0.2, -0.15) is 0 Å². The van der Waals surface area contributed by atoms with Crippen LogP contribution in [0.2, 0.25) is 5.02 Å². The number of urea groups is 1. The molecule has 1 unspecified atom stereocenters. The van der Waals surface area contributed by atoms with E-state index in [0.29, 0.717) is 11.6 Å². The van der Waals surface area contributed by atoms with Crippen LogP contribution >= 0.6 is 11.6 Å². The highest BCUT2D eigenvalue weighted by Crippen LogP contribution is 2.18. The van der Waals surface area contributed by atoms with Crippen molar-refractivity contribution in [1.29, 1.82) is 0 Å². The fraction of sp³-hybridized carbons (Fsp3) is 0.368. The first kappa shape index (κ1) is 17.5. The van der Waals surface area contributed by atoms with Crippen molar-refractivity contribution in [1.82, 2.24) is 15.6 Å². The maximum absolute atomic E-state index is 12.1. The number of hydrogen-bond acceptors (Lipinski definition) is 3. The average Bonchev–Trinajstić information content (AvgIpc) is 3.15. The SMILES string of the molecule is CC(NC(=O)NCc1ccnc(N2CCCC2)c1)c1ccc(Cl)cc1. The van der Waals surface area contributed by atoms with Crippen LogP contribution in [0, 0.1) is 0 Å². The highest BCUT2D eigenvalue weighted by Gasteiger charge is 2.14. The summed E-state index contributed by atoms with van der Waals surface area (Å²) < 4.78 is 0. The molecule has 1 aliphatic heterocycles. The first-order chi connectivity index (χ1) is 12.1. The predicted molar refractivity (Wildman–Crippen MR) is 101 cm³/mol. The van der Waals surface area contributed by atoms with Gasteiger partial charge in [-0.25, -0.2) is 9.78 Å². The van der Waals surface area contributed by atoms with Crippen LogP contribution < -0.4 is 15.5 Å². The van der Waals surface area contributed by atoms with Crippen LogP contribution in [0.3, 0.4) is 0 Å². The maximum Gasteiger partial charge on any atom is 0.315 e. The number of hydrogen-bond donors (Lipinski definition) is 2. The summed E-state index contributed by atoms with van der Waals surface area (Å²) in [5.74, 6) is 0.992. The molecular formula is C19H23ClN4O. The number of halogens is 1. The summed E-state index contributed by atoms with van der Waals surface area (Å²) in [6, 6.07) is 11.2. The number of benzene rings is 1. The molecule has 1 fully saturated rings. The van der Waals surface area contributed by atoms with Gasteiger partial charge in [0, 0.05) is 30.9 Å². The Labute approximate surface area is 153 Å². The molecule has 2 N–H and O–H groups in total. The molecule has 1 saturated heterocycles. The van der Waals surface area contributed by atoms with Gasteiger partial charge in [0.15, 0.2) is 0 Å². The molecule has 0 aliphatic carbocycles. The number of amides is 2. The molecule has 2 aromatic rings. The molecule has 1 aromatic heterocycles. The van der Waals surface area contributed by atoms with E-state index in [4.69, 9.17) is 11.6 Å². The third kappa shape index (κ3) is 4.86. The monoisotopic (exact) mass is 358 g/mol. The molecule has 1 atom stereocenters. The zero-order valence-corrected chi connectivity index (χ0v) is 15.1. The van der Waals surface area contributed by atoms with Crippen LogP contribution in [-0.4, -0.2) is 24.1 Å². The van der Waals surface area contributed by atoms with Crippen molar-refractivity contribution < 1.29 is 4.79 Å². The molecule has 25 heavy (non-hydrogen) atoms. The number of carbonyl (C=O) groups is 1. The van der Waals surface area contributed by atoms with E-state index in [0.717, 1.165) is 30.0 Å². The Hall–Kier alpha value is -2.27. The van der Waals surface area contributed by atoms with E-state index in [2.05, 4.69) is 20.5 Å². The average molecular weight is 359 g/mol. The topological polar surface area (TPSA) is 57.3 Å². The summed E-state index contributed by atoms with van der Waals surface area (Å²) in [5, 5.41) is 6.53.